The molecule has 108 valence electrons. The summed E-state index contributed by atoms with van der Waals surface area (Å²) in [7, 11) is 0. The number of amides is 2. The molecule has 20 heavy (non-hydrogen) atoms. The molecule has 0 unspecified atom stereocenters. The second-order valence-electron chi connectivity index (χ2n) is 4.54. The van der Waals surface area contributed by atoms with E-state index in [9.17, 15) is 22.8 Å². The molecule has 0 saturated heterocycles. The third kappa shape index (κ3) is 2.82. The predicted molar refractivity (Wildman–Crippen MR) is 66.1 cm³/mol. The fourth-order valence-corrected chi connectivity index (χ4v) is 2.17. The SMILES string of the molecule is CC(=O)N(C(=O)C(F)(F)F)c1ccc2c(c1)CNCC2. The molecule has 1 aromatic carbocycles. The number of hydrogen-bond donors (Lipinski definition) is 1. The van der Waals surface area contributed by atoms with Crippen molar-refractivity contribution < 1.29 is 22.8 Å². The summed E-state index contributed by atoms with van der Waals surface area (Å²) in [5, 5.41) is 3.09. The van der Waals surface area contributed by atoms with Gasteiger partial charge in [-0.2, -0.15) is 13.2 Å². The number of anilines is 1. The molecule has 0 bridgehead atoms. The Kier molecular flexibility index (Phi) is 3.80. The summed E-state index contributed by atoms with van der Waals surface area (Å²) in [5.74, 6) is -3.13. The van der Waals surface area contributed by atoms with E-state index in [1.165, 1.54) is 12.1 Å². The van der Waals surface area contributed by atoms with Crippen LogP contribution in [0.4, 0.5) is 18.9 Å². The number of alkyl halides is 3. The van der Waals surface area contributed by atoms with Gasteiger partial charge in [0.2, 0.25) is 5.91 Å². The number of hydrogen-bond acceptors (Lipinski definition) is 3. The molecule has 4 nitrogen and oxygen atoms in total. The maximum absolute atomic E-state index is 12.5. The van der Waals surface area contributed by atoms with Gasteiger partial charge in [-0.25, -0.2) is 4.90 Å². The van der Waals surface area contributed by atoms with Crippen molar-refractivity contribution in [3.8, 4) is 0 Å². The summed E-state index contributed by atoms with van der Waals surface area (Å²) in [6.07, 6.45) is -4.32. The average molecular weight is 286 g/mol. The van der Waals surface area contributed by atoms with E-state index in [1.54, 1.807) is 6.07 Å². The zero-order chi connectivity index (χ0) is 14.9. The van der Waals surface area contributed by atoms with Crippen LogP contribution in [0.15, 0.2) is 18.2 Å². The molecule has 1 heterocycles. The first-order valence-corrected chi connectivity index (χ1v) is 6.05. The molecule has 0 fully saturated rings. The van der Waals surface area contributed by atoms with E-state index in [1.807, 2.05) is 0 Å². The number of rotatable bonds is 1. The minimum absolute atomic E-state index is 0.0534. The van der Waals surface area contributed by atoms with Crippen LogP contribution in [0.5, 0.6) is 0 Å². The quantitative estimate of drug-likeness (QED) is 0.856. The molecule has 0 saturated carbocycles. The second kappa shape index (κ2) is 5.24. The Hall–Kier alpha value is -1.89. The van der Waals surface area contributed by atoms with Crippen LogP contribution in [0.1, 0.15) is 18.1 Å². The molecule has 1 aliphatic heterocycles. The zero-order valence-corrected chi connectivity index (χ0v) is 10.8. The first-order valence-electron chi connectivity index (χ1n) is 6.05. The molecule has 0 atom stereocenters. The van der Waals surface area contributed by atoms with Crippen LogP contribution in [0.3, 0.4) is 0 Å². The lowest BCUT2D eigenvalue weighted by Gasteiger charge is -2.23. The number of halogens is 3. The standard InChI is InChI=1S/C13H13F3N2O2/c1-8(19)18(12(20)13(14,15)16)11-3-2-9-4-5-17-7-10(9)6-11/h2-3,6,17H,4-5,7H2,1H3. The van der Waals surface area contributed by atoms with E-state index in [4.69, 9.17) is 0 Å². The zero-order valence-electron chi connectivity index (χ0n) is 10.8. The van der Waals surface area contributed by atoms with E-state index < -0.39 is 18.0 Å². The van der Waals surface area contributed by atoms with Gasteiger partial charge in [0.1, 0.15) is 0 Å². The summed E-state index contributed by atoms with van der Waals surface area (Å²) in [6.45, 7) is 2.24. The Bertz CT molecular complexity index is 555. The maximum Gasteiger partial charge on any atom is 0.472 e. The van der Waals surface area contributed by atoms with Gasteiger partial charge >= 0.3 is 12.1 Å². The van der Waals surface area contributed by atoms with Crippen molar-refractivity contribution in [1.82, 2.24) is 5.32 Å². The lowest BCUT2D eigenvalue weighted by Crippen LogP contribution is -2.44. The first kappa shape index (κ1) is 14.5. The third-order valence-corrected chi connectivity index (χ3v) is 3.10. The fraction of sp³-hybridized carbons (Fsp3) is 0.385. The highest BCUT2D eigenvalue weighted by atomic mass is 19.4. The van der Waals surface area contributed by atoms with Crippen molar-refractivity contribution in [2.24, 2.45) is 0 Å². The van der Waals surface area contributed by atoms with Gasteiger partial charge < -0.3 is 5.32 Å². The van der Waals surface area contributed by atoms with Crippen molar-refractivity contribution in [1.29, 1.82) is 0 Å². The van der Waals surface area contributed by atoms with E-state index >= 15 is 0 Å². The van der Waals surface area contributed by atoms with E-state index in [2.05, 4.69) is 5.32 Å². The molecule has 1 aromatic rings. The molecule has 2 amide bonds. The Morgan fingerprint density at radius 3 is 2.55 bits per heavy atom. The molecule has 0 aliphatic carbocycles. The largest absolute Gasteiger partial charge is 0.472 e. The van der Waals surface area contributed by atoms with Crippen LogP contribution in [0.25, 0.3) is 0 Å². The number of nitrogens with zero attached hydrogens (tertiary/aromatic N) is 1. The van der Waals surface area contributed by atoms with Gasteiger partial charge in [0, 0.05) is 13.5 Å². The molecular formula is C13H13F3N2O2. The van der Waals surface area contributed by atoms with Crippen LogP contribution in [-0.4, -0.2) is 24.5 Å². The molecule has 7 heteroatoms. The Labute approximate surface area is 113 Å². The monoisotopic (exact) mass is 286 g/mol. The first-order chi connectivity index (χ1) is 9.30. The minimum atomic E-state index is -5.08. The van der Waals surface area contributed by atoms with Crippen LogP contribution in [-0.2, 0) is 22.6 Å². The van der Waals surface area contributed by atoms with Crippen molar-refractivity contribution >= 4 is 17.5 Å². The number of carbonyl (C=O) groups is 2. The van der Waals surface area contributed by atoms with E-state index in [-0.39, 0.29) is 10.6 Å². The number of carbonyl (C=O) groups excluding carboxylic acids is 2. The van der Waals surface area contributed by atoms with E-state index in [0.29, 0.717) is 6.54 Å². The predicted octanol–water partition coefficient (Wildman–Crippen LogP) is 1.77. The molecular weight excluding hydrogens is 273 g/mol. The lowest BCUT2D eigenvalue weighted by molar-refractivity contribution is -0.171. The van der Waals surface area contributed by atoms with Crippen LogP contribution in [0.2, 0.25) is 0 Å². The highest BCUT2D eigenvalue weighted by molar-refractivity contribution is 6.15. The smallest absolute Gasteiger partial charge is 0.312 e. The molecule has 1 aliphatic rings. The van der Waals surface area contributed by atoms with Crippen molar-refractivity contribution in [2.45, 2.75) is 26.1 Å². The number of nitrogens with one attached hydrogen (secondary N) is 1. The molecule has 0 spiro atoms. The van der Waals surface area contributed by atoms with E-state index in [0.717, 1.165) is 31.0 Å². The van der Waals surface area contributed by atoms with Crippen molar-refractivity contribution in [3.63, 3.8) is 0 Å². The van der Waals surface area contributed by atoms with Gasteiger partial charge in [-0.3, -0.25) is 9.59 Å². The lowest BCUT2D eigenvalue weighted by atomic mass is 10.00. The highest BCUT2D eigenvalue weighted by Crippen LogP contribution is 2.27. The van der Waals surface area contributed by atoms with Gasteiger partial charge in [0.15, 0.2) is 0 Å². The summed E-state index contributed by atoms with van der Waals surface area (Å²) >= 11 is 0. The minimum Gasteiger partial charge on any atom is -0.312 e. The topological polar surface area (TPSA) is 49.4 Å². The van der Waals surface area contributed by atoms with Crippen LogP contribution in [0, 0.1) is 0 Å². The van der Waals surface area contributed by atoms with Crippen molar-refractivity contribution in [3.05, 3.63) is 29.3 Å². The fourth-order valence-electron chi connectivity index (χ4n) is 2.17. The number of fused-ring (bicyclic) bond motifs is 1. The molecule has 1 N–H and O–H groups in total. The van der Waals surface area contributed by atoms with Crippen LogP contribution < -0.4 is 10.2 Å². The number of benzene rings is 1. The average Bonchev–Trinajstić information content (AvgIpc) is 2.37. The summed E-state index contributed by atoms with van der Waals surface area (Å²) in [4.78, 5) is 22.9. The van der Waals surface area contributed by atoms with Gasteiger partial charge in [0.05, 0.1) is 5.69 Å². The Balaban J connectivity index is 2.40. The summed E-state index contributed by atoms with van der Waals surface area (Å²) in [5.41, 5.74) is 1.76. The third-order valence-electron chi connectivity index (χ3n) is 3.10. The van der Waals surface area contributed by atoms with Gasteiger partial charge in [-0.1, -0.05) is 6.07 Å². The van der Waals surface area contributed by atoms with Gasteiger partial charge in [-0.05, 0) is 36.2 Å². The van der Waals surface area contributed by atoms with Gasteiger partial charge in [-0.15, -0.1) is 0 Å². The second-order valence-corrected chi connectivity index (χ2v) is 4.54. The Morgan fingerprint density at radius 2 is 1.95 bits per heavy atom. The molecule has 0 aromatic heterocycles. The summed E-state index contributed by atoms with van der Waals surface area (Å²) < 4.78 is 37.6. The normalized spacial score (nSPS) is 14.6. The maximum atomic E-state index is 12.5. The molecule has 0 radical (unpaired) electrons. The highest BCUT2D eigenvalue weighted by Gasteiger charge is 2.44. The molecule has 2 rings (SSSR count). The van der Waals surface area contributed by atoms with Crippen LogP contribution >= 0.6 is 0 Å². The summed E-state index contributed by atoms with van der Waals surface area (Å²) in [6, 6.07) is 4.48. The number of imide groups is 1. The Morgan fingerprint density at radius 1 is 1.25 bits per heavy atom. The van der Waals surface area contributed by atoms with Crippen molar-refractivity contribution in [2.75, 3.05) is 11.4 Å². The van der Waals surface area contributed by atoms with Gasteiger partial charge in [0.25, 0.3) is 0 Å².